The molecular formula is C20H28N2O2. The molecule has 1 aliphatic heterocycles. The molecule has 1 aromatic carbocycles. The van der Waals surface area contributed by atoms with E-state index in [4.69, 9.17) is 0 Å². The molecule has 0 radical (unpaired) electrons. The lowest BCUT2D eigenvalue weighted by molar-refractivity contribution is -0.114. The number of fused-ring (bicyclic) bond motifs is 1. The molecule has 4 heteroatoms. The lowest BCUT2D eigenvalue weighted by atomic mass is 9.76. The highest BCUT2D eigenvalue weighted by molar-refractivity contribution is 6.04. The van der Waals surface area contributed by atoms with E-state index in [-0.39, 0.29) is 22.8 Å². The van der Waals surface area contributed by atoms with Gasteiger partial charge in [0.15, 0.2) is 0 Å². The van der Waals surface area contributed by atoms with Crippen LogP contribution < -0.4 is 10.2 Å². The summed E-state index contributed by atoms with van der Waals surface area (Å²) in [4.78, 5) is 26.7. The molecule has 24 heavy (non-hydrogen) atoms. The fraction of sp³-hybridized carbons (Fsp3) is 0.500. The molecule has 0 spiro atoms. The van der Waals surface area contributed by atoms with Crippen LogP contribution in [0.15, 0.2) is 30.9 Å². The van der Waals surface area contributed by atoms with E-state index in [0.29, 0.717) is 12.1 Å². The maximum atomic E-state index is 12.9. The van der Waals surface area contributed by atoms with Gasteiger partial charge in [-0.2, -0.15) is 0 Å². The minimum Gasteiger partial charge on any atom is -0.347 e. The van der Waals surface area contributed by atoms with Crippen LogP contribution in [0, 0.1) is 5.41 Å². The average molecular weight is 328 g/mol. The molecule has 1 N–H and O–H groups in total. The lowest BCUT2D eigenvalue weighted by Crippen LogP contribution is -2.52. The van der Waals surface area contributed by atoms with Crippen molar-refractivity contribution in [2.45, 2.75) is 53.0 Å². The Hall–Kier alpha value is -2.10. The summed E-state index contributed by atoms with van der Waals surface area (Å²) in [5, 5.41) is 3.16. The number of rotatable bonds is 3. The molecule has 2 amide bonds. The third-order valence-corrected chi connectivity index (χ3v) is 5.24. The summed E-state index contributed by atoms with van der Waals surface area (Å²) >= 11 is 0. The van der Waals surface area contributed by atoms with Crippen LogP contribution in [0.3, 0.4) is 0 Å². The van der Waals surface area contributed by atoms with Gasteiger partial charge in [-0.25, -0.2) is 0 Å². The van der Waals surface area contributed by atoms with E-state index in [2.05, 4.69) is 32.7 Å². The number of nitrogens with one attached hydrogen (secondary N) is 1. The van der Waals surface area contributed by atoms with Gasteiger partial charge >= 0.3 is 0 Å². The lowest BCUT2D eigenvalue weighted by Gasteiger charge is -2.40. The second-order valence-electron chi connectivity index (χ2n) is 7.93. The van der Waals surface area contributed by atoms with Crippen LogP contribution in [0.1, 0.15) is 57.0 Å². The highest BCUT2D eigenvalue weighted by Crippen LogP contribution is 2.32. The van der Waals surface area contributed by atoms with Crippen molar-refractivity contribution in [3.8, 4) is 0 Å². The van der Waals surface area contributed by atoms with Crippen molar-refractivity contribution >= 4 is 17.5 Å². The molecule has 1 heterocycles. The van der Waals surface area contributed by atoms with E-state index >= 15 is 0 Å². The number of hydrogen-bond acceptors (Lipinski definition) is 2. The Labute approximate surface area is 144 Å². The van der Waals surface area contributed by atoms with Crippen LogP contribution in [0.2, 0.25) is 0 Å². The predicted octanol–water partition coefficient (Wildman–Crippen LogP) is 3.71. The average Bonchev–Trinajstić information content (AvgIpc) is 2.51. The summed E-state index contributed by atoms with van der Waals surface area (Å²) in [5.74, 6) is -0.205. The van der Waals surface area contributed by atoms with Crippen molar-refractivity contribution in [1.82, 2.24) is 5.32 Å². The number of anilines is 1. The topological polar surface area (TPSA) is 49.4 Å². The highest BCUT2D eigenvalue weighted by atomic mass is 16.2. The fourth-order valence-corrected chi connectivity index (χ4v) is 2.72. The maximum Gasteiger partial charge on any atom is 0.252 e. The summed E-state index contributed by atoms with van der Waals surface area (Å²) in [5.41, 5.74) is 2.01. The third kappa shape index (κ3) is 3.37. The van der Waals surface area contributed by atoms with Gasteiger partial charge in [-0.05, 0) is 55.9 Å². The molecule has 0 saturated heterocycles. The third-order valence-electron chi connectivity index (χ3n) is 5.24. The number of carbonyl (C=O) groups is 2. The van der Waals surface area contributed by atoms with E-state index in [1.165, 1.54) is 6.08 Å². The molecular weight excluding hydrogens is 300 g/mol. The van der Waals surface area contributed by atoms with Gasteiger partial charge in [-0.15, -0.1) is 0 Å². The van der Waals surface area contributed by atoms with Crippen LogP contribution in [-0.2, 0) is 11.2 Å². The van der Waals surface area contributed by atoms with Crippen LogP contribution in [0.4, 0.5) is 5.69 Å². The molecule has 0 aliphatic carbocycles. The first kappa shape index (κ1) is 18.2. The standard InChI is InChI=1S/C20H28N2O2/c1-7-17(23)22-13-9-11-14-15(10-8-12-16(14)22)18(24)21-20(5,6)19(2,3)4/h7-8,10,12H,1,9,11,13H2,2-6H3,(H,21,24). The van der Waals surface area contributed by atoms with Gasteiger partial charge in [0.2, 0.25) is 5.91 Å². The van der Waals surface area contributed by atoms with E-state index in [9.17, 15) is 9.59 Å². The summed E-state index contributed by atoms with van der Waals surface area (Å²) in [7, 11) is 0. The van der Waals surface area contributed by atoms with Crippen LogP contribution >= 0.6 is 0 Å². The number of amides is 2. The molecule has 0 saturated carbocycles. The van der Waals surface area contributed by atoms with Gasteiger partial charge in [0, 0.05) is 23.3 Å². The van der Waals surface area contributed by atoms with Crippen LogP contribution in [0.25, 0.3) is 0 Å². The summed E-state index contributed by atoms with van der Waals surface area (Å²) in [6.07, 6.45) is 2.97. The second kappa shape index (κ2) is 6.42. The molecule has 2 rings (SSSR count). The number of benzene rings is 1. The van der Waals surface area contributed by atoms with E-state index in [0.717, 1.165) is 24.1 Å². The van der Waals surface area contributed by atoms with Gasteiger partial charge in [0.25, 0.3) is 5.91 Å². The molecule has 0 bridgehead atoms. The fourth-order valence-electron chi connectivity index (χ4n) is 2.72. The Kier molecular flexibility index (Phi) is 4.88. The second-order valence-corrected chi connectivity index (χ2v) is 7.93. The zero-order chi connectivity index (χ0) is 18.1. The summed E-state index contributed by atoms with van der Waals surface area (Å²) in [6.45, 7) is 14.6. The zero-order valence-corrected chi connectivity index (χ0v) is 15.4. The molecule has 0 unspecified atom stereocenters. The molecule has 0 atom stereocenters. The Morgan fingerprint density at radius 3 is 2.46 bits per heavy atom. The van der Waals surface area contributed by atoms with Crippen molar-refractivity contribution in [1.29, 1.82) is 0 Å². The molecule has 4 nitrogen and oxygen atoms in total. The normalized spacial score (nSPS) is 14.8. The first-order valence-electron chi connectivity index (χ1n) is 8.47. The minimum absolute atomic E-state index is 0.0671. The first-order chi connectivity index (χ1) is 11.1. The summed E-state index contributed by atoms with van der Waals surface area (Å²) in [6, 6.07) is 5.59. The van der Waals surface area contributed by atoms with Gasteiger partial charge in [0.05, 0.1) is 0 Å². The minimum atomic E-state index is -0.349. The van der Waals surface area contributed by atoms with Gasteiger partial charge < -0.3 is 10.2 Å². The number of hydrogen-bond donors (Lipinski definition) is 1. The van der Waals surface area contributed by atoms with Crippen molar-refractivity contribution in [2.75, 3.05) is 11.4 Å². The monoisotopic (exact) mass is 328 g/mol. The smallest absolute Gasteiger partial charge is 0.252 e. The van der Waals surface area contributed by atoms with E-state index in [1.54, 1.807) is 4.90 Å². The van der Waals surface area contributed by atoms with E-state index < -0.39 is 0 Å². The molecule has 1 aliphatic rings. The molecule has 0 aromatic heterocycles. The Morgan fingerprint density at radius 1 is 1.21 bits per heavy atom. The van der Waals surface area contributed by atoms with Gasteiger partial charge in [-0.1, -0.05) is 33.4 Å². The first-order valence-corrected chi connectivity index (χ1v) is 8.47. The van der Waals surface area contributed by atoms with Crippen LogP contribution in [-0.4, -0.2) is 23.9 Å². The maximum absolute atomic E-state index is 12.9. The quantitative estimate of drug-likeness (QED) is 0.860. The molecule has 0 fully saturated rings. The van der Waals surface area contributed by atoms with Crippen molar-refractivity contribution in [3.63, 3.8) is 0 Å². The van der Waals surface area contributed by atoms with Gasteiger partial charge in [0.1, 0.15) is 0 Å². The van der Waals surface area contributed by atoms with Gasteiger partial charge in [-0.3, -0.25) is 9.59 Å². The Bertz CT molecular complexity index is 669. The number of carbonyl (C=O) groups excluding carboxylic acids is 2. The highest BCUT2D eigenvalue weighted by Gasteiger charge is 2.35. The summed E-state index contributed by atoms with van der Waals surface area (Å²) < 4.78 is 0. The van der Waals surface area contributed by atoms with Crippen molar-refractivity contribution in [3.05, 3.63) is 42.0 Å². The zero-order valence-electron chi connectivity index (χ0n) is 15.4. The predicted molar refractivity (Wildman–Crippen MR) is 98.3 cm³/mol. The van der Waals surface area contributed by atoms with Crippen molar-refractivity contribution in [2.24, 2.45) is 5.41 Å². The van der Waals surface area contributed by atoms with E-state index in [1.807, 2.05) is 32.0 Å². The van der Waals surface area contributed by atoms with Crippen LogP contribution in [0.5, 0.6) is 0 Å². The SMILES string of the molecule is C=CC(=O)N1CCCc2c(C(=O)NC(C)(C)C(C)(C)C)cccc21. The number of nitrogens with zero attached hydrogens (tertiary/aromatic N) is 1. The Morgan fingerprint density at radius 2 is 1.88 bits per heavy atom. The molecule has 1 aromatic rings. The Balaban J connectivity index is 2.38. The van der Waals surface area contributed by atoms with Crippen molar-refractivity contribution < 1.29 is 9.59 Å². The largest absolute Gasteiger partial charge is 0.347 e. The molecule has 130 valence electrons.